The number of anilines is 2. The summed E-state index contributed by atoms with van der Waals surface area (Å²) < 4.78 is 0. The quantitative estimate of drug-likeness (QED) is 0.412. The highest BCUT2D eigenvalue weighted by Gasteiger charge is 2.12. The molecule has 0 unspecified atom stereocenters. The van der Waals surface area contributed by atoms with E-state index in [1.807, 2.05) is 18.2 Å². The van der Waals surface area contributed by atoms with E-state index < -0.39 is 0 Å². The van der Waals surface area contributed by atoms with Crippen molar-refractivity contribution in [3.8, 4) is 11.1 Å². The molecule has 8 heteroatoms. The van der Waals surface area contributed by atoms with E-state index in [-0.39, 0.29) is 12.6 Å². The van der Waals surface area contributed by atoms with E-state index in [2.05, 4.69) is 25.8 Å². The Kier molecular flexibility index (Phi) is 4.92. The Labute approximate surface area is 165 Å². The zero-order valence-corrected chi connectivity index (χ0v) is 15.4. The van der Waals surface area contributed by atoms with Gasteiger partial charge in [0.15, 0.2) is 5.65 Å². The monoisotopic (exact) mass is 393 g/mol. The molecule has 0 saturated carbocycles. The highest BCUT2D eigenvalue weighted by atomic mass is 35.5. The Hall–Kier alpha value is -3.42. The molecule has 28 heavy (non-hydrogen) atoms. The van der Waals surface area contributed by atoms with E-state index in [0.717, 1.165) is 16.5 Å². The van der Waals surface area contributed by atoms with E-state index in [1.54, 1.807) is 42.6 Å². The number of aromatic amines is 1. The summed E-state index contributed by atoms with van der Waals surface area (Å²) >= 11 is 5.92. The van der Waals surface area contributed by atoms with Crippen LogP contribution in [-0.4, -0.2) is 26.3 Å². The molecule has 4 rings (SSSR count). The predicted octanol–water partition coefficient (Wildman–Crippen LogP) is 4.41. The molecule has 0 fully saturated rings. The van der Waals surface area contributed by atoms with Gasteiger partial charge in [0.05, 0.1) is 17.7 Å². The number of nitrogens with zero attached hydrogens (tertiary/aromatic N) is 2. The Morgan fingerprint density at radius 2 is 1.86 bits per heavy atom. The molecule has 0 spiro atoms. The van der Waals surface area contributed by atoms with Crippen molar-refractivity contribution >= 4 is 40.0 Å². The van der Waals surface area contributed by atoms with Crippen LogP contribution in [0, 0.1) is 0 Å². The lowest BCUT2D eigenvalue weighted by atomic mass is 10.0. The molecule has 140 valence electrons. The Bertz CT molecular complexity index is 1140. The number of carbonyl (C=O) groups excluding carboxylic acids is 1. The van der Waals surface area contributed by atoms with Gasteiger partial charge in [-0.05, 0) is 47.5 Å². The van der Waals surface area contributed by atoms with E-state index in [4.69, 9.17) is 11.6 Å². The molecule has 2 aromatic heterocycles. The third-order valence-corrected chi connectivity index (χ3v) is 4.46. The van der Waals surface area contributed by atoms with Crippen LogP contribution in [0.25, 0.3) is 22.2 Å². The van der Waals surface area contributed by atoms with Crippen molar-refractivity contribution in [2.24, 2.45) is 0 Å². The van der Waals surface area contributed by atoms with Gasteiger partial charge in [-0.25, -0.2) is 9.78 Å². The van der Waals surface area contributed by atoms with Gasteiger partial charge < -0.3 is 15.7 Å². The number of aliphatic hydroxyl groups is 1. The van der Waals surface area contributed by atoms with Gasteiger partial charge in [0.2, 0.25) is 0 Å². The zero-order chi connectivity index (χ0) is 19.5. The van der Waals surface area contributed by atoms with Crippen LogP contribution in [0.5, 0.6) is 0 Å². The molecule has 0 aliphatic carbocycles. The summed E-state index contributed by atoms with van der Waals surface area (Å²) in [6, 6.07) is 15.8. The Morgan fingerprint density at radius 1 is 1.07 bits per heavy atom. The molecule has 4 aromatic rings. The first kappa shape index (κ1) is 18.0. The highest BCUT2D eigenvalue weighted by Crippen LogP contribution is 2.29. The second kappa shape index (κ2) is 7.67. The van der Waals surface area contributed by atoms with Crippen molar-refractivity contribution in [2.75, 3.05) is 10.6 Å². The zero-order valence-electron chi connectivity index (χ0n) is 14.6. The number of urea groups is 1. The fraction of sp³-hybridized carbons (Fsp3) is 0.0500. The predicted molar refractivity (Wildman–Crippen MR) is 109 cm³/mol. The van der Waals surface area contributed by atoms with Gasteiger partial charge in [-0.2, -0.15) is 5.10 Å². The number of halogens is 1. The van der Waals surface area contributed by atoms with E-state index in [9.17, 15) is 9.90 Å². The number of benzene rings is 2. The second-order valence-corrected chi connectivity index (χ2v) is 6.52. The second-order valence-electron chi connectivity index (χ2n) is 6.08. The number of nitrogens with one attached hydrogen (secondary N) is 3. The number of carbonyl (C=O) groups is 1. The number of hydrogen-bond donors (Lipinski definition) is 4. The third-order valence-electron chi connectivity index (χ3n) is 4.22. The van der Waals surface area contributed by atoms with Gasteiger partial charge in [-0.1, -0.05) is 29.8 Å². The summed E-state index contributed by atoms with van der Waals surface area (Å²) in [5.74, 6) is 0. The molecule has 2 heterocycles. The summed E-state index contributed by atoms with van der Waals surface area (Å²) in [6.45, 7) is -0.154. The van der Waals surface area contributed by atoms with Gasteiger partial charge in [0.25, 0.3) is 0 Å². The molecule has 2 amide bonds. The first-order valence-electron chi connectivity index (χ1n) is 8.51. The fourth-order valence-electron chi connectivity index (χ4n) is 2.96. The van der Waals surface area contributed by atoms with Crippen LogP contribution in [0.1, 0.15) is 5.69 Å². The highest BCUT2D eigenvalue weighted by molar-refractivity contribution is 6.30. The summed E-state index contributed by atoms with van der Waals surface area (Å²) in [7, 11) is 0. The first-order valence-corrected chi connectivity index (χ1v) is 8.88. The van der Waals surface area contributed by atoms with Crippen LogP contribution in [-0.2, 0) is 6.61 Å². The molecule has 0 aliphatic heterocycles. The van der Waals surface area contributed by atoms with Crippen LogP contribution >= 0.6 is 11.6 Å². The smallest absolute Gasteiger partial charge is 0.323 e. The maximum atomic E-state index is 12.2. The minimum absolute atomic E-state index is 0.154. The van der Waals surface area contributed by atoms with Gasteiger partial charge >= 0.3 is 6.03 Å². The number of H-pyrrole nitrogens is 1. The Balaban J connectivity index is 1.53. The summed E-state index contributed by atoms with van der Waals surface area (Å²) in [4.78, 5) is 16.4. The van der Waals surface area contributed by atoms with Crippen molar-refractivity contribution in [1.29, 1.82) is 0 Å². The largest absolute Gasteiger partial charge is 0.390 e. The Morgan fingerprint density at radius 3 is 2.61 bits per heavy atom. The molecule has 0 saturated heterocycles. The maximum absolute atomic E-state index is 12.2. The molecule has 7 nitrogen and oxygen atoms in total. The molecule has 4 N–H and O–H groups in total. The first-order chi connectivity index (χ1) is 13.6. The number of rotatable bonds is 4. The van der Waals surface area contributed by atoms with Crippen LogP contribution in [0.15, 0.2) is 60.8 Å². The van der Waals surface area contributed by atoms with E-state index in [0.29, 0.717) is 27.7 Å². The van der Waals surface area contributed by atoms with E-state index >= 15 is 0 Å². The third kappa shape index (κ3) is 3.66. The number of aliphatic hydroxyl groups excluding tert-OH is 1. The van der Waals surface area contributed by atoms with Gasteiger partial charge in [-0.15, -0.1) is 0 Å². The lowest BCUT2D eigenvalue weighted by Gasteiger charge is -2.09. The molecule has 0 atom stereocenters. The van der Waals surface area contributed by atoms with Crippen molar-refractivity contribution < 1.29 is 9.90 Å². The minimum Gasteiger partial charge on any atom is -0.390 e. The number of fused-ring (bicyclic) bond motifs is 1. The summed E-state index contributed by atoms with van der Waals surface area (Å²) in [5.41, 5.74) is 4.23. The standard InChI is InChI=1S/C20H16ClN5O2/c21-13-2-1-3-15(10-13)24-20(28)23-14-6-4-12(5-7-14)16-8-9-22-19-18(16)17(11-27)25-26-19/h1-10,27H,11H2,(H,22,25,26)(H2,23,24,28). The molecule has 0 radical (unpaired) electrons. The topological polar surface area (TPSA) is 103 Å². The maximum Gasteiger partial charge on any atom is 0.323 e. The van der Waals surface area contributed by atoms with Crippen LogP contribution in [0.4, 0.5) is 16.2 Å². The summed E-state index contributed by atoms with van der Waals surface area (Å²) in [6.07, 6.45) is 1.67. The number of hydrogen-bond acceptors (Lipinski definition) is 4. The SMILES string of the molecule is O=C(Nc1ccc(-c2ccnc3n[nH]c(CO)c23)cc1)Nc1cccc(Cl)c1. The van der Waals surface area contributed by atoms with Gasteiger partial charge in [-0.3, -0.25) is 5.10 Å². The lowest BCUT2D eigenvalue weighted by molar-refractivity contribution is 0.262. The lowest BCUT2D eigenvalue weighted by Crippen LogP contribution is -2.19. The molecular weight excluding hydrogens is 378 g/mol. The molecule has 2 aromatic carbocycles. The van der Waals surface area contributed by atoms with Crippen molar-refractivity contribution in [3.05, 3.63) is 71.5 Å². The summed E-state index contributed by atoms with van der Waals surface area (Å²) in [5, 5.41) is 23.3. The van der Waals surface area contributed by atoms with E-state index in [1.165, 1.54) is 0 Å². The number of pyridine rings is 1. The van der Waals surface area contributed by atoms with Crippen molar-refractivity contribution in [1.82, 2.24) is 15.2 Å². The molecular formula is C20H16ClN5O2. The molecule has 0 aliphatic rings. The van der Waals surface area contributed by atoms with Gasteiger partial charge in [0.1, 0.15) is 0 Å². The molecule has 0 bridgehead atoms. The average Bonchev–Trinajstić information content (AvgIpc) is 3.12. The van der Waals surface area contributed by atoms with Crippen molar-refractivity contribution in [2.45, 2.75) is 6.61 Å². The number of amides is 2. The number of aromatic nitrogens is 3. The fourth-order valence-corrected chi connectivity index (χ4v) is 3.15. The minimum atomic E-state index is -0.362. The van der Waals surface area contributed by atoms with Gasteiger partial charge in [0, 0.05) is 22.6 Å². The van der Waals surface area contributed by atoms with Crippen LogP contribution < -0.4 is 10.6 Å². The van der Waals surface area contributed by atoms with Crippen molar-refractivity contribution in [3.63, 3.8) is 0 Å². The average molecular weight is 394 g/mol. The normalized spacial score (nSPS) is 10.8. The van der Waals surface area contributed by atoms with Crippen LogP contribution in [0.2, 0.25) is 5.02 Å². The van der Waals surface area contributed by atoms with Crippen LogP contribution in [0.3, 0.4) is 0 Å².